The summed E-state index contributed by atoms with van der Waals surface area (Å²) in [4.78, 5) is 12.1. The minimum absolute atomic E-state index is 0.148. The van der Waals surface area contributed by atoms with E-state index in [0.717, 1.165) is 0 Å². The van der Waals surface area contributed by atoms with Crippen LogP contribution in [0.3, 0.4) is 0 Å². The van der Waals surface area contributed by atoms with E-state index in [1.807, 2.05) is 6.92 Å². The van der Waals surface area contributed by atoms with Gasteiger partial charge in [0.05, 0.1) is 12.3 Å². The molecule has 0 fully saturated rings. The van der Waals surface area contributed by atoms with Gasteiger partial charge < -0.3 is 14.8 Å². The molecule has 2 rings (SSSR count). The molecule has 0 saturated carbocycles. The zero-order valence-electron chi connectivity index (χ0n) is 12.3. The Labute approximate surface area is 128 Å². The third-order valence-corrected chi connectivity index (χ3v) is 2.92. The molecule has 0 saturated heterocycles. The normalized spacial score (nSPS) is 10.3. The molecule has 2 aromatic carbocycles. The number of para-hydroxylation sites is 1. The molecule has 0 heterocycles. The van der Waals surface area contributed by atoms with E-state index >= 15 is 0 Å². The van der Waals surface area contributed by atoms with Crippen LogP contribution in [0.15, 0.2) is 48.5 Å². The number of carbonyl (C=O) groups excluding carboxylic acids is 1. The SMILES string of the molecule is CCOCCOc1cccc(C(=O)Nc2ccccc2F)c1. The zero-order chi connectivity index (χ0) is 15.8. The Hall–Kier alpha value is -2.40. The van der Waals surface area contributed by atoms with E-state index in [0.29, 0.717) is 31.1 Å². The molecule has 0 aliphatic carbocycles. The van der Waals surface area contributed by atoms with Crippen LogP contribution >= 0.6 is 0 Å². The molecule has 0 unspecified atom stereocenters. The molecule has 1 amide bonds. The molecular formula is C17H18FNO3. The van der Waals surface area contributed by atoms with Crippen LogP contribution in [0.2, 0.25) is 0 Å². The van der Waals surface area contributed by atoms with E-state index in [2.05, 4.69) is 5.32 Å². The second-order valence-electron chi connectivity index (χ2n) is 4.51. The van der Waals surface area contributed by atoms with Gasteiger partial charge in [-0.15, -0.1) is 0 Å². The van der Waals surface area contributed by atoms with Crippen LogP contribution in [-0.2, 0) is 4.74 Å². The van der Waals surface area contributed by atoms with E-state index in [1.54, 1.807) is 36.4 Å². The van der Waals surface area contributed by atoms with Crippen molar-refractivity contribution >= 4 is 11.6 Å². The Balaban J connectivity index is 1.99. The Morgan fingerprint density at radius 2 is 1.95 bits per heavy atom. The Morgan fingerprint density at radius 3 is 2.73 bits per heavy atom. The highest BCUT2D eigenvalue weighted by molar-refractivity contribution is 6.04. The summed E-state index contributed by atoms with van der Waals surface area (Å²) >= 11 is 0. The zero-order valence-corrected chi connectivity index (χ0v) is 12.3. The fraction of sp³-hybridized carbons (Fsp3) is 0.235. The maximum absolute atomic E-state index is 13.5. The summed E-state index contributed by atoms with van der Waals surface area (Å²) in [6.45, 7) is 3.44. The first kappa shape index (κ1) is 16.0. The van der Waals surface area contributed by atoms with E-state index in [1.165, 1.54) is 12.1 Å². The standard InChI is InChI=1S/C17H18FNO3/c1-2-21-10-11-22-14-7-5-6-13(12-14)17(20)19-16-9-4-3-8-15(16)18/h3-9,12H,2,10-11H2,1H3,(H,19,20). The third kappa shape index (κ3) is 4.56. The molecule has 22 heavy (non-hydrogen) atoms. The summed E-state index contributed by atoms with van der Waals surface area (Å²) < 4.78 is 24.2. The molecule has 1 N–H and O–H groups in total. The topological polar surface area (TPSA) is 47.6 Å². The fourth-order valence-electron chi connectivity index (χ4n) is 1.85. The molecule has 0 aromatic heterocycles. The maximum Gasteiger partial charge on any atom is 0.255 e. The van der Waals surface area contributed by atoms with Gasteiger partial charge in [0.25, 0.3) is 5.91 Å². The van der Waals surface area contributed by atoms with Crippen molar-refractivity contribution in [3.05, 3.63) is 59.9 Å². The largest absolute Gasteiger partial charge is 0.491 e. The lowest BCUT2D eigenvalue weighted by molar-refractivity contribution is 0.102. The van der Waals surface area contributed by atoms with Crippen molar-refractivity contribution in [2.45, 2.75) is 6.92 Å². The molecule has 5 heteroatoms. The van der Waals surface area contributed by atoms with Crippen LogP contribution in [0.5, 0.6) is 5.75 Å². The number of nitrogens with one attached hydrogen (secondary N) is 1. The highest BCUT2D eigenvalue weighted by atomic mass is 19.1. The van der Waals surface area contributed by atoms with Gasteiger partial charge >= 0.3 is 0 Å². The van der Waals surface area contributed by atoms with Gasteiger partial charge in [-0.3, -0.25) is 4.79 Å². The molecule has 2 aromatic rings. The fourth-order valence-corrected chi connectivity index (χ4v) is 1.85. The molecule has 4 nitrogen and oxygen atoms in total. The second-order valence-corrected chi connectivity index (χ2v) is 4.51. The van der Waals surface area contributed by atoms with E-state index < -0.39 is 5.82 Å². The first-order valence-electron chi connectivity index (χ1n) is 7.07. The van der Waals surface area contributed by atoms with E-state index in [4.69, 9.17) is 9.47 Å². The number of hydrogen-bond donors (Lipinski definition) is 1. The van der Waals surface area contributed by atoms with Crippen LogP contribution in [0, 0.1) is 5.82 Å². The predicted octanol–water partition coefficient (Wildman–Crippen LogP) is 3.49. The van der Waals surface area contributed by atoms with E-state index in [9.17, 15) is 9.18 Å². The molecule has 0 aliphatic rings. The van der Waals surface area contributed by atoms with Gasteiger partial charge in [-0.25, -0.2) is 4.39 Å². The molecule has 0 atom stereocenters. The number of hydrogen-bond acceptors (Lipinski definition) is 3. The number of amides is 1. The Bertz CT molecular complexity index is 631. The molecular weight excluding hydrogens is 285 g/mol. The minimum atomic E-state index is -0.472. The Kier molecular flexibility index (Phi) is 5.91. The average molecular weight is 303 g/mol. The Morgan fingerprint density at radius 1 is 1.14 bits per heavy atom. The monoisotopic (exact) mass is 303 g/mol. The number of ether oxygens (including phenoxy) is 2. The summed E-state index contributed by atoms with van der Waals surface area (Å²) in [5.41, 5.74) is 0.548. The first-order valence-corrected chi connectivity index (χ1v) is 7.07. The summed E-state index contributed by atoms with van der Waals surface area (Å²) in [7, 11) is 0. The van der Waals surface area contributed by atoms with Gasteiger partial charge in [-0.2, -0.15) is 0 Å². The van der Waals surface area contributed by atoms with Crippen molar-refractivity contribution < 1.29 is 18.7 Å². The quantitative estimate of drug-likeness (QED) is 0.796. The lowest BCUT2D eigenvalue weighted by Gasteiger charge is -2.09. The second kappa shape index (κ2) is 8.14. The van der Waals surface area contributed by atoms with Gasteiger partial charge in [-0.1, -0.05) is 18.2 Å². The summed E-state index contributed by atoms with van der Waals surface area (Å²) in [6.07, 6.45) is 0. The van der Waals surface area contributed by atoms with Crippen molar-refractivity contribution in [1.29, 1.82) is 0 Å². The first-order chi connectivity index (χ1) is 10.7. The van der Waals surface area contributed by atoms with Crippen molar-refractivity contribution in [2.75, 3.05) is 25.1 Å². The lowest BCUT2D eigenvalue weighted by atomic mass is 10.2. The molecule has 116 valence electrons. The van der Waals surface area contributed by atoms with Crippen molar-refractivity contribution in [2.24, 2.45) is 0 Å². The van der Waals surface area contributed by atoms with Crippen molar-refractivity contribution in [3.63, 3.8) is 0 Å². The van der Waals surface area contributed by atoms with Gasteiger partial charge in [0.15, 0.2) is 0 Å². The molecule has 0 spiro atoms. The molecule has 0 aliphatic heterocycles. The summed E-state index contributed by atoms with van der Waals surface area (Å²) in [5, 5.41) is 2.54. The maximum atomic E-state index is 13.5. The van der Waals surface area contributed by atoms with Crippen LogP contribution < -0.4 is 10.1 Å². The lowest BCUT2D eigenvalue weighted by Crippen LogP contribution is -2.13. The predicted molar refractivity (Wildman–Crippen MR) is 82.8 cm³/mol. The third-order valence-electron chi connectivity index (χ3n) is 2.92. The van der Waals surface area contributed by atoms with Crippen molar-refractivity contribution in [3.8, 4) is 5.75 Å². The van der Waals surface area contributed by atoms with Crippen LogP contribution in [0.1, 0.15) is 17.3 Å². The summed E-state index contributed by atoms with van der Waals surface area (Å²) in [6, 6.07) is 12.8. The van der Waals surface area contributed by atoms with Crippen LogP contribution in [0.25, 0.3) is 0 Å². The molecule has 0 radical (unpaired) electrons. The number of halogens is 1. The highest BCUT2D eigenvalue weighted by Gasteiger charge is 2.09. The minimum Gasteiger partial charge on any atom is -0.491 e. The number of rotatable bonds is 7. The number of carbonyl (C=O) groups is 1. The summed E-state index contributed by atoms with van der Waals surface area (Å²) in [5.74, 6) is -0.291. The van der Waals surface area contributed by atoms with Gasteiger partial charge in [0.1, 0.15) is 18.2 Å². The van der Waals surface area contributed by atoms with Gasteiger partial charge in [-0.05, 0) is 37.3 Å². The van der Waals surface area contributed by atoms with Crippen LogP contribution in [-0.4, -0.2) is 25.7 Å². The van der Waals surface area contributed by atoms with Crippen molar-refractivity contribution in [1.82, 2.24) is 0 Å². The smallest absolute Gasteiger partial charge is 0.255 e. The molecule has 0 bridgehead atoms. The number of benzene rings is 2. The average Bonchev–Trinajstić information content (AvgIpc) is 2.54. The highest BCUT2D eigenvalue weighted by Crippen LogP contribution is 2.17. The van der Waals surface area contributed by atoms with E-state index in [-0.39, 0.29) is 11.6 Å². The van der Waals surface area contributed by atoms with Gasteiger partial charge in [0, 0.05) is 12.2 Å². The van der Waals surface area contributed by atoms with Crippen LogP contribution in [0.4, 0.5) is 10.1 Å². The van der Waals surface area contributed by atoms with Gasteiger partial charge in [0.2, 0.25) is 0 Å². The number of anilines is 1.